The summed E-state index contributed by atoms with van der Waals surface area (Å²) in [6.07, 6.45) is 3.98. The maximum atomic E-state index is 3.40. The molecule has 1 aromatic heterocycles. The number of halogens is 1. The molecule has 0 saturated heterocycles. The largest absolute Gasteiger partial charge is 0.357 e. The van der Waals surface area contributed by atoms with Gasteiger partial charge in [0.15, 0.2) is 0 Å². The molecule has 0 radical (unpaired) electrons. The Morgan fingerprint density at radius 2 is 1.11 bits per heavy atom. The third kappa shape index (κ3) is 11.3. The van der Waals surface area contributed by atoms with Crippen LogP contribution in [0.5, 0.6) is 0 Å². The van der Waals surface area contributed by atoms with Crippen LogP contribution in [0.25, 0.3) is 0 Å². The fraction of sp³-hybridized carbons (Fsp3) is 0.176. The van der Waals surface area contributed by atoms with Gasteiger partial charge < -0.3 is 4.57 Å². The van der Waals surface area contributed by atoms with Gasteiger partial charge in [-0.25, -0.2) is 0 Å². The number of aromatic nitrogens is 1. The lowest BCUT2D eigenvalue weighted by atomic mass is 10.4. The van der Waals surface area contributed by atoms with Gasteiger partial charge in [-0.2, -0.15) is 0 Å². The second-order valence-electron chi connectivity index (χ2n) is 3.41. The van der Waals surface area contributed by atoms with Gasteiger partial charge in [-0.1, -0.05) is 72.2 Å². The molecule has 0 amide bonds. The normalized spacial score (nSPS) is 8.00. The minimum absolute atomic E-state index is 1.08. The molecular formula is C17H22BrN. The first-order chi connectivity index (χ1) is 9.29. The Bertz CT molecular complexity index is 408. The van der Waals surface area contributed by atoms with Crippen LogP contribution >= 0.6 is 15.9 Å². The highest BCUT2D eigenvalue weighted by Gasteiger charge is 1.74. The predicted molar refractivity (Wildman–Crippen MR) is 88.5 cm³/mol. The Kier molecular flexibility index (Phi) is 11.9. The number of aryl methyl sites for hydroxylation is 1. The van der Waals surface area contributed by atoms with Crippen molar-refractivity contribution in [2.45, 2.75) is 13.8 Å². The van der Waals surface area contributed by atoms with Crippen LogP contribution in [0.15, 0.2) is 83.6 Å². The summed E-state index contributed by atoms with van der Waals surface area (Å²) in [5, 5.41) is 0. The summed E-state index contributed by atoms with van der Waals surface area (Å²) in [7, 11) is 1.99. The van der Waals surface area contributed by atoms with Crippen LogP contribution in [0, 0.1) is 0 Å². The molecule has 0 spiro atoms. The van der Waals surface area contributed by atoms with Crippen molar-refractivity contribution < 1.29 is 0 Å². The number of hydrogen-bond donors (Lipinski definition) is 0. The Hall–Kier alpha value is -1.54. The number of hydrogen-bond acceptors (Lipinski definition) is 0. The third-order valence-corrected chi connectivity index (χ3v) is 2.46. The van der Waals surface area contributed by atoms with E-state index < -0.39 is 0 Å². The molecule has 102 valence electrons. The molecular weight excluding hydrogens is 298 g/mol. The van der Waals surface area contributed by atoms with E-state index in [1.165, 1.54) is 0 Å². The van der Waals surface area contributed by atoms with Gasteiger partial charge in [0.1, 0.15) is 0 Å². The molecule has 0 unspecified atom stereocenters. The van der Waals surface area contributed by atoms with Gasteiger partial charge in [0.2, 0.25) is 0 Å². The predicted octanol–water partition coefficient (Wildman–Crippen LogP) is 5.62. The summed E-state index contributed by atoms with van der Waals surface area (Å²) in [5.41, 5.74) is 0. The summed E-state index contributed by atoms with van der Waals surface area (Å²) >= 11 is 3.40. The van der Waals surface area contributed by atoms with E-state index >= 15 is 0 Å². The number of benzene rings is 1. The standard InChI is InChI=1S/C9H10BrN.C6H6.C2H6/c1-11-7-3-2-5-9(10)6-4-8-11;1-2-4-6-5-3-1;1-2/h2-8H,1H3;1-6H;1-2H3. The van der Waals surface area contributed by atoms with Gasteiger partial charge in [-0.3, -0.25) is 0 Å². The SMILES string of the molecule is CC.Cn1ccccc(Br)ccc1.c1ccccc1. The smallest absolute Gasteiger partial charge is 0.0175 e. The average molecular weight is 320 g/mol. The monoisotopic (exact) mass is 319 g/mol. The van der Waals surface area contributed by atoms with Crippen LogP contribution < -0.4 is 0 Å². The van der Waals surface area contributed by atoms with Crippen molar-refractivity contribution in [2.24, 2.45) is 7.05 Å². The highest BCUT2D eigenvalue weighted by atomic mass is 79.9. The maximum absolute atomic E-state index is 3.40. The summed E-state index contributed by atoms with van der Waals surface area (Å²) in [4.78, 5) is 0. The molecule has 2 rings (SSSR count). The van der Waals surface area contributed by atoms with Gasteiger partial charge in [-0.15, -0.1) is 0 Å². The second-order valence-corrected chi connectivity index (χ2v) is 4.33. The van der Waals surface area contributed by atoms with Gasteiger partial charge in [0.25, 0.3) is 0 Å². The van der Waals surface area contributed by atoms with Gasteiger partial charge in [0, 0.05) is 23.9 Å². The number of nitrogens with zero attached hydrogens (tertiary/aromatic N) is 1. The topological polar surface area (TPSA) is 4.93 Å². The lowest BCUT2D eigenvalue weighted by Gasteiger charge is -1.86. The van der Waals surface area contributed by atoms with Crippen molar-refractivity contribution in [1.29, 1.82) is 0 Å². The Morgan fingerprint density at radius 1 is 0.684 bits per heavy atom. The first-order valence-electron chi connectivity index (χ1n) is 6.40. The third-order valence-electron chi connectivity index (χ3n) is 1.93. The zero-order chi connectivity index (χ0) is 14.3. The Labute approximate surface area is 125 Å². The van der Waals surface area contributed by atoms with Crippen molar-refractivity contribution in [2.75, 3.05) is 0 Å². The first kappa shape index (κ1) is 17.5. The summed E-state index contributed by atoms with van der Waals surface area (Å²) < 4.78 is 3.07. The average Bonchev–Trinajstić information content (AvgIpc) is 2.56. The second kappa shape index (κ2) is 12.9. The van der Waals surface area contributed by atoms with E-state index in [1.54, 1.807) is 0 Å². The molecule has 0 N–H and O–H groups in total. The highest BCUT2D eigenvalue weighted by Crippen LogP contribution is 2.03. The molecule has 0 aliphatic rings. The maximum Gasteiger partial charge on any atom is 0.0175 e. The van der Waals surface area contributed by atoms with Gasteiger partial charge in [-0.05, 0) is 24.3 Å². The van der Waals surface area contributed by atoms with Gasteiger partial charge in [0.05, 0.1) is 0 Å². The Balaban J connectivity index is 0.000000341. The fourth-order valence-electron chi connectivity index (χ4n) is 1.09. The summed E-state index contributed by atoms with van der Waals surface area (Å²) in [6.45, 7) is 4.00. The van der Waals surface area contributed by atoms with Crippen molar-refractivity contribution >= 4 is 15.9 Å². The van der Waals surface area contributed by atoms with Crippen LogP contribution in [-0.2, 0) is 7.05 Å². The Morgan fingerprint density at radius 3 is 1.63 bits per heavy atom. The van der Waals surface area contributed by atoms with Crippen LogP contribution in [0.4, 0.5) is 0 Å². The van der Waals surface area contributed by atoms with E-state index in [1.807, 2.05) is 105 Å². The van der Waals surface area contributed by atoms with E-state index in [4.69, 9.17) is 0 Å². The van der Waals surface area contributed by atoms with E-state index in [9.17, 15) is 0 Å². The molecule has 0 aliphatic carbocycles. The lowest BCUT2D eigenvalue weighted by Crippen LogP contribution is -1.80. The fourth-order valence-corrected chi connectivity index (χ4v) is 1.40. The molecule has 0 atom stereocenters. The van der Waals surface area contributed by atoms with E-state index in [-0.39, 0.29) is 0 Å². The van der Waals surface area contributed by atoms with Crippen molar-refractivity contribution in [3.63, 3.8) is 0 Å². The molecule has 19 heavy (non-hydrogen) atoms. The summed E-state index contributed by atoms with van der Waals surface area (Å²) in [5.74, 6) is 0. The number of rotatable bonds is 0. The molecule has 0 bridgehead atoms. The van der Waals surface area contributed by atoms with E-state index in [0.29, 0.717) is 0 Å². The lowest BCUT2D eigenvalue weighted by molar-refractivity contribution is 0.911. The quantitative estimate of drug-likeness (QED) is 0.593. The summed E-state index contributed by atoms with van der Waals surface area (Å²) in [6, 6.07) is 22.0. The van der Waals surface area contributed by atoms with Crippen molar-refractivity contribution in [3.05, 3.63) is 83.6 Å². The van der Waals surface area contributed by atoms with E-state index in [0.717, 1.165) is 4.47 Å². The molecule has 1 heterocycles. The first-order valence-corrected chi connectivity index (χ1v) is 7.19. The highest BCUT2D eigenvalue weighted by molar-refractivity contribution is 9.10. The zero-order valence-electron chi connectivity index (χ0n) is 11.8. The zero-order valence-corrected chi connectivity index (χ0v) is 13.4. The molecule has 0 saturated carbocycles. The van der Waals surface area contributed by atoms with Crippen LogP contribution in [-0.4, -0.2) is 4.57 Å². The molecule has 0 fully saturated rings. The molecule has 2 heteroatoms. The molecule has 0 aliphatic heterocycles. The van der Waals surface area contributed by atoms with Crippen LogP contribution in [0.3, 0.4) is 0 Å². The molecule has 1 nitrogen and oxygen atoms in total. The van der Waals surface area contributed by atoms with Gasteiger partial charge >= 0.3 is 0 Å². The van der Waals surface area contributed by atoms with Crippen LogP contribution in [0.2, 0.25) is 0 Å². The minimum atomic E-state index is 1.08. The van der Waals surface area contributed by atoms with Crippen molar-refractivity contribution in [3.8, 4) is 0 Å². The van der Waals surface area contributed by atoms with E-state index in [2.05, 4.69) is 15.9 Å². The van der Waals surface area contributed by atoms with Crippen LogP contribution in [0.1, 0.15) is 13.8 Å². The van der Waals surface area contributed by atoms with Crippen molar-refractivity contribution in [1.82, 2.24) is 4.57 Å². The molecule has 2 aromatic rings. The minimum Gasteiger partial charge on any atom is -0.357 e. The molecule has 1 aromatic carbocycles.